The number of amides is 2. The summed E-state index contributed by atoms with van der Waals surface area (Å²) >= 11 is 0. The fraction of sp³-hybridized carbons (Fsp3) is 0.130. The second-order valence-corrected chi connectivity index (χ2v) is 7.13. The van der Waals surface area contributed by atoms with E-state index < -0.39 is 29.5 Å². The summed E-state index contributed by atoms with van der Waals surface area (Å²) < 4.78 is 40.3. The highest BCUT2D eigenvalue weighted by atomic mass is 19.4. The lowest BCUT2D eigenvalue weighted by molar-refractivity contribution is -0.137. The minimum atomic E-state index is -4.62. The Bertz CT molecular complexity index is 1140. The normalized spacial score (nSPS) is 16.8. The first-order valence-electron chi connectivity index (χ1n) is 9.35. The zero-order valence-electron chi connectivity index (χ0n) is 16.3. The molecule has 0 saturated heterocycles. The number of carbonyl (C=O) groups excluding carboxylic acids is 2. The zero-order valence-corrected chi connectivity index (χ0v) is 16.3. The molecule has 0 aliphatic carbocycles. The first-order chi connectivity index (χ1) is 14.7. The number of carbonyl (C=O) groups is 2. The van der Waals surface area contributed by atoms with E-state index in [0.29, 0.717) is 11.3 Å². The van der Waals surface area contributed by atoms with Crippen LogP contribution in [0.2, 0.25) is 0 Å². The van der Waals surface area contributed by atoms with Crippen molar-refractivity contribution in [2.75, 3.05) is 16.8 Å². The lowest BCUT2D eigenvalue weighted by Gasteiger charge is -2.25. The summed E-state index contributed by atoms with van der Waals surface area (Å²) in [6, 6.07) is 16.8. The molecule has 0 bridgehead atoms. The highest BCUT2D eigenvalue weighted by molar-refractivity contribution is 6.23. The molecule has 1 aliphatic heterocycles. The molecule has 3 aromatic rings. The van der Waals surface area contributed by atoms with Crippen LogP contribution in [-0.2, 0) is 15.8 Å². The van der Waals surface area contributed by atoms with Crippen LogP contribution >= 0.6 is 0 Å². The van der Waals surface area contributed by atoms with Gasteiger partial charge >= 0.3 is 6.18 Å². The number of para-hydroxylation sites is 1. The van der Waals surface area contributed by atoms with E-state index in [9.17, 15) is 27.9 Å². The Balaban J connectivity index is 1.97. The summed E-state index contributed by atoms with van der Waals surface area (Å²) in [6.45, 7) is 0. The Morgan fingerprint density at radius 1 is 0.839 bits per heavy atom. The van der Waals surface area contributed by atoms with Crippen molar-refractivity contribution in [3.8, 4) is 5.75 Å². The van der Waals surface area contributed by atoms with E-state index in [1.165, 1.54) is 42.3 Å². The number of halogens is 3. The van der Waals surface area contributed by atoms with E-state index in [0.717, 1.165) is 17.0 Å². The second-order valence-electron chi connectivity index (χ2n) is 7.13. The number of rotatable bonds is 2. The topological polar surface area (TPSA) is 60.9 Å². The smallest absolute Gasteiger partial charge is 0.416 e. The summed E-state index contributed by atoms with van der Waals surface area (Å²) in [5.74, 6) is -2.61. The minimum absolute atomic E-state index is 0.0383. The van der Waals surface area contributed by atoms with Crippen molar-refractivity contribution in [3.63, 3.8) is 0 Å². The average molecular weight is 426 g/mol. The van der Waals surface area contributed by atoms with E-state index in [1.54, 1.807) is 30.3 Å². The van der Waals surface area contributed by atoms with E-state index in [4.69, 9.17) is 0 Å². The van der Waals surface area contributed by atoms with Crippen molar-refractivity contribution in [1.29, 1.82) is 0 Å². The van der Waals surface area contributed by atoms with Crippen LogP contribution in [0.4, 0.5) is 30.2 Å². The van der Waals surface area contributed by atoms with Gasteiger partial charge in [-0.15, -0.1) is 0 Å². The number of nitrogens with zero attached hydrogens (tertiary/aromatic N) is 2. The molecule has 1 N–H and O–H groups in total. The maximum Gasteiger partial charge on any atom is 0.416 e. The first kappa shape index (κ1) is 20.5. The third-order valence-corrected chi connectivity index (χ3v) is 5.19. The molecule has 4 rings (SSSR count). The molecule has 0 radical (unpaired) electrons. The number of anilines is 3. The third kappa shape index (κ3) is 3.61. The molecule has 2 amide bonds. The van der Waals surface area contributed by atoms with Gasteiger partial charge in [-0.1, -0.05) is 30.3 Å². The first-order valence-corrected chi connectivity index (χ1v) is 9.35. The highest BCUT2D eigenvalue weighted by Crippen LogP contribution is 2.44. The summed E-state index contributed by atoms with van der Waals surface area (Å²) in [6.07, 6.45) is -4.62. The molecule has 1 aliphatic rings. The number of aromatic hydroxyl groups is 1. The van der Waals surface area contributed by atoms with Crippen LogP contribution < -0.4 is 9.80 Å². The van der Waals surface area contributed by atoms with Crippen LogP contribution in [0.5, 0.6) is 5.75 Å². The molecule has 8 heteroatoms. The van der Waals surface area contributed by atoms with Gasteiger partial charge in [0.15, 0.2) is 0 Å². The number of phenols is 1. The van der Waals surface area contributed by atoms with Gasteiger partial charge in [-0.3, -0.25) is 14.5 Å². The van der Waals surface area contributed by atoms with Gasteiger partial charge in [0.2, 0.25) is 11.8 Å². The van der Waals surface area contributed by atoms with Gasteiger partial charge in [0.25, 0.3) is 0 Å². The number of fused-ring (bicyclic) bond motifs is 1. The van der Waals surface area contributed by atoms with Crippen LogP contribution in [0.1, 0.15) is 17.0 Å². The van der Waals surface area contributed by atoms with E-state index >= 15 is 0 Å². The molecule has 158 valence electrons. The fourth-order valence-electron chi connectivity index (χ4n) is 3.62. The maximum atomic E-state index is 13.6. The van der Waals surface area contributed by atoms with Gasteiger partial charge in [-0.25, -0.2) is 0 Å². The van der Waals surface area contributed by atoms with Crippen LogP contribution in [0.15, 0.2) is 72.8 Å². The van der Waals surface area contributed by atoms with Gasteiger partial charge in [0, 0.05) is 12.7 Å². The molecule has 0 aromatic heterocycles. The quantitative estimate of drug-likeness (QED) is 0.597. The summed E-state index contributed by atoms with van der Waals surface area (Å²) in [4.78, 5) is 29.2. The Kier molecular flexibility index (Phi) is 4.93. The van der Waals surface area contributed by atoms with Gasteiger partial charge < -0.3 is 10.0 Å². The lowest BCUT2D eigenvalue weighted by Crippen LogP contribution is -2.37. The largest absolute Gasteiger partial charge is 0.508 e. The number of hydrogen-bond acceptors (Lipinski definition) is 3. The summed E-state index contributed by atoms with van der Waals surface area (Å²) in [5, 5.41) is 9.58. The van der Waals surface area contributed by atoms with Crippen molar-refractivity contribution in [2.45, 2.75) is 12.1 Å². The number of likely N-dealkylation sites (N-methyl/N-ethyl adjacent to an activating group) is 1. The molecule has 3 aromatic carbocycles. The van der Waals surface area contributed by atoms with E-state index in [2.05, 4.69) is 0 Å². The molecular weight excluding hydrogens is 409 g/mol. The van der Waals surface area contributed by atoms with Gasteiger partial charge in [0.1, 0.15) is 11.7 Å². The van der Waals surface area contributed by atoms with Crippen molar-refractivity contribution < 1.29 is 27.9 Å². The van der Waals surface area contributed by atoms with Gasteiger partial charge in [-0.2, -0.15) is 13.2 Å². The van der Waals surface area contributed by atoms with Gasteiger partial charge in [0.05, 0.1) is 16.9 Å². The van der Waals surface area contributed by atoms with E-state index in [-0.39, 0.29) is 17.1 Å². The second kappa shape index (κ2) is 7.46. The van der Waals surface area contributed by atoms with Crippen LogP contribution in [0.25, 0.3) is 0 Å². The molecule has 5 nitrogen and oxygen atoms in total. The van der Waals surface area contributed by atoms with Crippen molar-refractivity contribution >= 4 is 28.9 Å². The Labute approximate surface area is 175 Å². The molecule has 1 atom stereocenters. The van der Waals surface area contributed by atoms with Gasteiger partial charge in [-0.05, 0) is 48.0 Å². The Morgan fingerprint density at radius 2 is 1.48 bits per heavy atom. The van der Waals surface area contributed by atoms with Crippen LogP contribution in [0.3, 0.4) is 0 Å². The highest BCUT2D eigenvalue weighted by Gasteiger charge is 2.42. The number of alkyl halides is 3. The summed E-state index contributed by atoms with van der Waals surface area (Å²) in [7, 11) is 1.42. The summed E-state index contributed by atoms with van der Waals surface area (Å²) in [5.41, 5.74) is -0.132. The van der Waals surface area contributed by atoms with E-state index in [1.807, 2.05) is 0 Å². The maximum absolute atomic E-state index is 13.6. The molecular formula is C23H17F3N2O3. The average Bonchev–Trinajstić information content (AvgIpc) is 2.82. The molecule has 0 fully saturated rings. The molecule has 0 saturated carbocycles. The number of hydrogen-bond donors (Lipinski definition) is 1. The number of benzene rings is 3. The fourth-order valence-corrected chi connectivity index (χ4v) is 3.62. The number of phenolic OH excluding ortho intramolecular Hbond substituents is 1. The predicted molar refractivity (Wildman–Crippen MR) is 109 cm³/mol. The van der Waals surface area contributed by atoms with Crippen LogP contribution in [0, 0.1) is 0 Å². The Morgan fingerprint density at radius 3 is 2.10 bits per heavy atom. The van der Waals surface area contributed by atoms with Crippen molar-refractivity contribution in [3.05, 3.63) is 83.9 Å². The molecule has 1 unspecified atom stereocenters. The Hall–Kier alpha value is -3.81. The molecule has 31 heavy (non-hydrogen) atoms. The zero-order chi connectivity index (χ0) is 22.3. The van der Waals surface area contributed by atoms with Crippen molar-refractivity contribution in [1.82, 2.24) is 0 Å². The molecule has 0 spiro atoms. The standard InChI is InChI=1S/C23H17F3N2O3/c1-27-18-12-9-15(23(24,25)26)13-19(18)28(16-5-3-2-4-6-16)22(31)20(21(27)30)14-7-10-17(29)11-8-14/h2-13,20,29H,1H3. The molecule has 1 heterocycles. The SMILES string of the molecule is CN1C(=O)C(c2ccc(O)cc2)C(=O)N(c2ccccc2)c2cc(C(F)(F)F)ccc21. The predicted octanol–water partition coefficient (Wildman–Crippen LogP) is 4.84. The van der Waals surface area contributed by atoms with Crippen LogP contribution in [-0.4, -0.2) is 24.0 Å². The minimum Gasteiger partial charge on any atom is -0.508 e. The van der Waals surface area contributed by atoms with Crippen molar-refractivity contribution in [2.24, 2.45) is 0 Å². The third-order valence-electron chi connectivity index (χ3n) is 5.19. The lowest BCUT2D eigenvalue weighted by atomic mass is 9.96. The monoisotopic (exact) mass is 426 g/mol.